The van der Waals surface area contributed by atoms with Crippen LogP contribution >= 0.6 is 24.9 Å². The molecule has 0 amide bonds. The van der Waals surface area contributed by atoms with Gasteiger partial charge in [0.25, 0.3) is 0 Å². The maximum atomic E-state index is 4.30. The molecule has 6 heteroatoms. The van der Waals surface area contributed by atoms with Crippen LogP contribution in [0.2, 0.25) is 0 Å². The molecule has 0 saturated carbocycles. The Morgan fingerprint density at radius 1 is 1.10 bits per heavy atom. The fraction of sp³-hybridized carbons (Fsp3) is 1.00. The van der Waals surface area contributed by atoms with Crippen molar-refractivity contribution >= 4 is 24.9 Å². The molecule has 0 unspecified atom stereocenters. The van der Waals surface area contributed by atoms with Gasteiger partial charge in [0.05, 0.1) is 5.16 Å². The van der Waals surface area contributed by atoms with Gasteiger partial charge in [-0.2, -0.15) is 0 Å². The lowest BCUT2D eigenvalue weighted by molar-refractivity contribution is 0.712. The van der Waals surface area contributed by atoms with Crippen LogP contribution in [0.1, 0.15) is 20.8 Å². The van der Waals surface area contributed by atoms with Gasteiger partial charge in [0, 0.05) is 0 Å². The Labute approximate surface area is 65.0 Å². The highest BCUT2D eigenvalue weighted by Crippen LogP contribution is 2.39. The minimum absolute atomic E-state index is 0.227. The second kappa shape index (κ2) is 3.13. The lowest BCUT2D eigenvalue weighted by atomic mass is 10.3. The molecule has 0 aliphatic heterocycles. The zero-order chi connectivity index (χ0) is 7.61. The predicted molar refractivity (Wildman–Crippen MR) is 47.0 cm³/mol. The van der Waals surface area contributed by atoms with E-state index in [9.17, 15) is 0 Å². The minimum Gasteiger partial charge on any atom is -0.0392 e. The standard InChI is InChI=1S/C4H9N3P3/c1-4(2,3)10-6-8-5-9-7-10/h1-3H3/q+1. The number of hydrogen-bond acceptors (Lipinski definition) is 3. The van der Waals surface area contributed by atoms with Gasteiger partial charge in [-0.1, -0.05) is 0 Å². The second-order valence-electron chi connectivity index (χ2n) is 2.91. The molecule has 0 radical (unpaired) electrons. The predicted octanol–water partition coefficient (Wildman–Crippen LogP) is 3.05. The molecule has 0 aliphatic rings. The fourth-order valence-electron chi connectivity index (χ4n) is 0.416. The molecule has 0 bridgehead atoms. The van der Waals surface area contributed by atoms with Crippen LogP contribution in [0.3, 0.4) is 0 Å². The summed E-state index contributed by atoms with van der Waals surface area (Å²) < 4.78 is 12.6. The number of aromatic nitrogens is 3. The van der Waals surface area contributed by atoms with E-state index in [0.717, 1.165) is 17.0 Å². The molecular formula is C4H9N3P3+. The molecular weight excluding hydrogens is 183 g/mol. The van der Waals surface area contributed by atoms with Crippen LogP contribution in [0.25, 0.3) is 0 Å². The van der Waals surface area contributed by atoms with Crippen molar-refractivity contribution in [2.75, 3.05) is 0 Å². The first-order chi connectivity index (χ1) is 4.61. The van der Waals surface area contributed by atoms with Crippen LogP contribution in [0.5, 0.6) is 0 Å². The van der Waals surface area contributed by atoms with Crippen molar-refractivity contribution in [3.8, 4) is 0 Å². The van der Waals surface area contributed by atoms with E-state index in [1.165, 1.54) is 0 Å². The van der Waals surface area contributed by atoms with Crippen LogP contribution in [-0.4, -0.2) is 13.5 Å². The summed E-state index contributed by atoms with van der Waals surface area (Å²) in [5, 5.41) is 0.227. The van der Waals surface area contributed by atoms with Crippen molar-refractivity contribution in [2.45, 2.75) is 25.9 Å². The molecule has 1 heterocycles. The molecule has 0 aromatic carbocycles. The maximum absolute atomic E-state index is 4.30. The van der Waals surface area contributed by atoms with E-state index in [1.54, 1.807) is 0 Å². The molecule has 0 saturated heterocycles. The zero-order valence-corrected chi connectivity index (χ0v) is 8.87. The Balaban J connectivity index is 2.97. The molecule has 54 valence electrons. The largest absolute Gasteiger partial charge is 0.346 e. The Morgan fingerprint density at radius 2 is 1.60 bits per heavy atom. The van der Waals surface area contributed by atoms with Crippen molar-refractivity contribution in [1.29, 1.82) is 0 Å². The summed E-state index contributed by atoms with van der Waals surface area (Å²) >= 11 is 0. The Hall–Kier alpha value is 0.300. The van der Waals surface area contributed by atoms with E-state index in [1.807, 2.05) is 0 Å². The molecule has 3 nitrogen and oxygen atoms in total. The first-order valence-electron chi connectivity index (χ1n) is 2.92. The van der Waals surface area contributed by atoms with Crippen LogP contribution in [0, 0.1) is 0 Å². The fourth-order valence-corrected chi connectivity index (χ4v) is 4.71. The van der Waals surface area contributed by atoms with Crippen molar-refractivity contribution in [2.24, 2.45) is 0 Å². The summed E-state index contributed by atoms with van der Waals surface area (Å²) in [4.78, 5) is 0. The van der Waals surface area contributed by atoms with E-state index >= 15 is 0 Å². The van der Waals surface area contributed by atoms with Gasteiger partial charge in [-0.15, -0.1) is 0 Å². The van der Waals surface area contributed by atoms with E-state index < -0.39 is 7.85 Å². The molecule has 10 heavy (non-hydrogen) atoms. The van der Waals surface area contributed by atoms with Crippen LogP contribution in [0.15, 0.2) is 0 Å². The Bertz CT molecular complexity index is 207. The van der Waals surface area contributed by atoms with Gasteiger partial charge >= 0.3 is 17.0 Å². The summed E-state index contributed by atoms with van der Waals surface area (Å²) in [5.74, 6) is 0. The Morgan fingerprint density at radius 3 is 1.90 bits per heavy atom. The minimum atomic E-state index is -0.481. The van der Waals surface area contributed by atoms with Crippen molar-refractivity contribution in [3.05, 3.63) is 0 Å². The molecule has 1 rings (SSSR count). The third-order valence-corrected chi connectivity index (χ3v) is 4.76. The van der Waals surface area contributed by atoms with Gasteiger partial charge in [-0.3, -0.25) is 0 Å². The first-order valence-corrected chi connectivity index (χ1v) is 5.77. The molecule has 0 fully saturated rings. The van der Waals surface area contributed by atoms with Gasteiger partial charge in [0.2, 0.25) is 7.85 Å². The van der Waals surface area contributed by atoms with Crippen LogP contribution in [0.4, 0.5) is 0 Å². The second-order valence-corrected chi connectivity index (χ2v) is 7.33. The van der Waals surface area contributed by atoms with Gasteiger partial charge < -0.3 is 0 Å². The summed E-state index contributed by atoms with van der Waals surface area (Å²) in [5.41, 5.74) is 0. The van der Waals surface area contributed by atoms with Crippen molar-refractivity contribution in [3.63, 3.8) is 0 Å². The van der Waals surface area contributed by atoms with Gasteiger partial charge in [-0.05, 0) is 34.3 Å². The summed E-state index contributed by atoms with van der Waals surface area (Å²) in [6.07, 6.45) is 0. The monoisotopic (exact) mass is 192 g/mol. The number of rotatable bonds is 0. The first kappa shape index (κ1) is 8.40. The van der Waals surface area contributed by atoms with E-state index in [0.29, 0.717) is 0 Å². The van der Waals surface area contributed by atoms with E-state index in [-0.39, 0.29) is 5.16 Å². The smallest absolute Gasteiger partial charge is 0.0392 e. The highest BCUT2D eigenvalue weighted by molar-refractivity contribution is 7.53. The summed E-state index contributed by atoms with van der Waals surface area (Å²) in [7, 11) is 1.25. The average Bonchev–Trinajstić information content (AvgIpc) is 1.88. The lowest BCUT2D eigenvalue weighted by Gasteiger charge is -2.07. The van der Waals surface area contributed by atoms with E-state index in [4.69, 9.17) is 0 Å². The summed E-state index contributed by atoms with van der Waals surface area (Å²) in [6.45, 7) is 6.51. The van der Waals surface area contributed by atoms with Crippen LogP contribution < -0.4 is 0 Å². The zero-order valence-electron chi connectivity index (χ0n) is 6.18. The van der Waals surface area contributed by atoms with Gasteiger partial charge in [0.1, 0.15) is 0 Å². The third kappa shape index (κ3) is 2.16. The average molecular weight is 192 g/mol. The van der Waals surface area contributed by atoms with Gasteiger partial charge in [0.15, 0.2) is 0 Å². The highest BCUT2D eigenvalue weighted by atomic mass is 31.2. The lowest BCUT2D eigenvalue weighted by Crippen LogP contribution is -2.01. The van der Waals surface area contributed by atoms with Crippen molar-refractivity contribution < 1.29 is 0 Å². The Kier molecular flexibility index (Phi) is 2.63. The van der Waals surface area contributed by atoms with Crippen molar-refractivity contribution in [1.82, 2.24) is 13.5 Å². The molecule has 0 spiro atoms. The molecule has 0 atom stereocenters. The maximum Gasteiger partial charge on any atom is 0.346 e. The third-order valence-electron chi connectivity index (χ3n) is 0.929. The molecule has 1 aromatic rings. The van der Waals surface area contributed by atoms with Gasteiger partial charge in [-0.25, -0.2) is 0 Å². The highest BCUT2D eigenvalue weighted by Gasteiger charge is 2.22. The number of hydrogen-bond donors (Lipinski definition) is 0. The molecule has 0 N–H and O–H groups in total. The molecule has 1 aromatic heterocycles. The normalized spacial score (nSPS) is 14.9. The quantitative estimate of drug-likeness (QED) is 0.633. The van der Waals surface area contributed by atoms with E-state index in [2.05, 4.69) is 34.3 Å². The SMILES string of the molecule is CC(C)(C)[p+]1npnpn1. The molecule has 0 aliphatic carbocycles. The number of nitrogens with zero attached hydrogens (tertiary/aromatic N) is 3. The topological polar surface area (TPSA) is 38.7 Å². The van der Waals surface area contributed by atoms with Crippen LogP contribution in [-0.2, 0) is 5.16 Å². The summed E-state index contributed by atoms with van der Waals surface area (Å²) in [6, 6.07) is 0.